The molecule has 0 atom stereocenters. The minimum absolute atomic E-state index is 0.00448. The second-order valence-electron chi connectivity index (χ2n) is 6.81. The van der Waals surface area contributed by atoms with Crippen LogP contribution in [0.25, 0.3) is 0 Å². The fourth-order valence-electron chi connectivity index (χ4n) is 3.54. The maximum atomic E-state index is 13.3. The number of piperidine rings is 1. The van der Waals surface area contributed by atoms with Crippen LogP contribution in [0.4, 0.5) is 18.9 Å². The first-order valence-corrected chi connectivity index (χ1v) is 8.78. The number of nitrogens with zero attached hydrogens (tertiary/aromatic N) is 2. The number of carbonyl (C=O) groups is 2. The van der Waals surface area contributed by atoms with Crippen LogP contribution in [0.5, 0.6) is 0 Å². The summed E-state index contributed by atoms with van der Waals surface area (Å²) in [5, 5.41) is 3.20. The van der Waals surface area contributed by atoms with Gasteiger partial charge in [-0.1, -0.05) is 0 Å². The van der Waals surface area contributed by atoms with E-state index in [9.17, 15) is 22.8 Å². The van der Waals surface area contributed by atoms with E-state index in [1.54, 1.807) is 7.05 Å². The Bertz CT molecular complexity index is 699. The van der Waals surface area contributed by atoms with Crippen molar-refractivity contribution in [2.24, 2.45) is 0 Å². The van der Waals surface area contributed by atoms with E-state index < -0.39 is 17.6 Å². The third kappa shape index (κ3) is 3.85. The van der Waals surface area contributed by atoms with Crippen LogP contribution in [0.15, 0.2) is 18.2 Å². The number of anilines is 1. The zero-order valence-corrected chi connectivity index (χ0v) is 14.6. The molecule has 1 aromatic carbocycles. The number of benzene rings is 1. The van der Waals surface area contributed by atoms with Crippen LogP contribution in [0.3, 0.4) is 0 Å². The molecule has 0 aromatic heterocycles. The summed E-state index contributed by atoms with van der Waals surface area (Å²) >= 11 is 0. The Labute approximate surface area is 150 Å². The lowest BCUT2D eigenvalue weighted by Crippen LogP contribution is -2.44. The highest BCUT2D eigenvalue weighted by molar-refractivity contribution is 5.99. The summed E-state index contributed by atoms with van der Waals surface area (Å²) in [4.78, 5) is 27.6. The lowest BCUT2D eigenvalue weighted by atomic mass is 10.0. The number of rotatable bonds is 3. The number of alkyl halides is 3. The first kappa shape index (κ1) is 18.7. The van der Waals surface area contributed by atoms with Crippen molar-refractivity contribution in [2.75, 3.05) is 31.6 Å². The van der Waals surface area contributed by atoms with Crippen molar-refractivity contribution in [2.45, 2.75) is 37.9 Å². The number of amides is 2. The van der Waals surface area contributed by atoms with E-state index in [0.717, 1.165) is 38.1 Å². The monoisotopic (exact) mass is 369 g/mol. The highest BCUT2D eigenvalue weighted by atomic mass is 19.4. The number of carbonyl (C=O) groups excluding carboxylic acids is 2. The predicted molar refractivity (Wildman–Crippen MR) is 91.0 cm³/mol. The molecule has 1 aromatic rings. The predicted octanol–water partition coefficient (Wildman–Crippen LogP) is 2.66. The molecule has 2 amide bonds. The van der Waals surface area contributed by atoms with E-state index in [2.05, 4.69) is 5.32 Å². The van der Waals surface area contributed by atoms with Crippen molar-refractivity contribution >= 4 is 17.5 Å². The highest BCUT2D eigenvalue weighted by Crippen LogP contribution is 2.34. The zero-order chi connectivity index (χ0) is 18.9. The average Bonchev–Trinajstić information content (AvgIpc) is 3.06. The number of nitrogens with one attached hydrogen (secondary N) is 1. The van der Waals surface area contributed by atoms with E-state index in [4.69, 9.17) is 0 Å². The molecule has 142 valence electrons. The van der Waals surface area contributed by atoms with E-state index in [1.165, 1.54) is 15.9 Å². The summed E-state index contributed by atoms with van der Waals surface area (Å²) in [7, 11) is 1.62. The van der Waals surface area contributed by atoms with Crippen LogP contribution in [0.1, 0.15) is 41.6 Å². The van der Waals surface area contributed by atoms with Gasteiger partial charge in [0.1, 0.15) is 0 Å². The molecule has 2 aliphatic heterocycles. The smallest absolute Gasteiger partial charge is 0.339 e. The maximum absolute atomic E-state index is 13.3. The van der Waals surface area contributed by atoms with Crippen molar-refractivity contribution in [1.82, 2.24) is 10.2 Å². The number of hydrogen-bond donors (Lipinski definition) is 1. The molecule has 0 radical (unpaired) electrons. The molecule has 8 heteroatoms. The van der Waals surface area contributed by atoms with E-state index >= 15 is 0 Å². The minimum Gasteiger partial charge on any atom is -0.339 e. The number of halogens is 3. The SMILES string of the molecule is CN(C(=O)c1cc(N2CCCC2=O)cc(C(F)(F)F)c1)C1CCNCC1. The van der Waals surface area contributed by atoms with Crippen LogP contribution < -0.4 is 10.2 Å². The number of hydrogen-bond acceptors (Lipinski definition) is 3. The van der Waals surface area contributed by atoms with Crippen LogP contribution >= 0.6 is 0 Å². The lowest BCUT2D eigenvalue weighted by Gasteiger charge is -2.32. The second-order valence-corrected chi connectivity index (χ2v) is 6.81. The Morgan fingerprint density at radius 3 is 2.50 bits per heavy atom. The maximum Gasteiger partial charge on any atom is 0.416 e. The standard InChI is InChI=1S/C18H22F3N3O2/c1-23(14-4-6-22-7-5-14)17(26)12-9-13(18(19,20)21)11-15(10-12)24-8-2-3-16(24)25/h9-11,14,22H,2-8H2,1H3. The van der Waals surface area contributed by atoms with Gasteiger partial charge in [0.2, 0.25) is 5.91 Å². The van der Waals surface area contributed by atoms with E-state index in [0.29, 0.717) is 19.4 Å². The molecule has 0 saturated carbocycles. The normalized spacial score (nSPS) is 19.1. The van der Waals surface area contributed by atoms with Crippen LogP contribution in [0.2, 0.25) is 0 Å². The first-order chi connectivity index (χ1) is 12.3. The molecule has 0 unspecified atom stereocenters. The minimum atomic E-state index is -4.58. The van der Waals surface area contributed by atoms with Gasteiger partial charge in [0, 0.05) is 37.3 Å². The molecule has 5 nitrogen and oxygen atoms in total. The summed E-state index contributed by atoms with van der Waals surface area (Å²) in [5.41, 5.74) is -0.795. The Kier molecular flexibility index (Phi) is 5.22. The Morgan fingerprint density at radius 2 is 1.92 bits per heavy atom. The van der Waals surface area contributed by atoms with Gasteiger partial charge < -0.3 is 15.1 Å². The molecule has 2 heterocycles. The van der Waals surface area contributed by atoms with Gasteiger partial charge in [-0.05, 0) is 50.6 Å². The molecular weight excluding hydrogens is 347 g/mol. The summed E-state index contributed by atoms with van der Waals surface area (Å²) in [6.45, 7) is 1.93. The van der Waals surface area contributed by atoms with E-state index in [-0.39, 0.29) is 23.2 Å². The Hall–Kier alpha value is -2.09. The van der Waals surface area contributed by atoms with Crippen molar-refractivity contribution in [3.63, 3.8) is 0 Å². The van der Waals surface area contributed by atoms with E-state index in [1.807, 2.05) is 0 Å². The fourth-order valence-corrected chi connectivity index (χ4v) is 3.54. The first-order valence-electron chi connectivity index (χ1n) is 8.78. The van der Waals surface area contributed by atoms with Crippen molar-refractivity contribution in [3.05, 3.63) is 29.3 Å². The quantitative estimate of drug-likeness (QED) is 0.891. The highest BCUT2D eigenvalue weighted by Gasteiger charge is 2.34. The summed E-state index contributed by atoms with van der Waals surface area (Å²) in [6.07, 6.45) is -2.14. The average molecular weight is 369 g/mol. The van der Waals surface area contributed by atoms with Gasteiger partial charge in [-0.15, -0.1) is 0 Å². The molecule has 1 N–H and O–H groups in total. The third-order valence-electron chi connectivity index (χ3n) is 5.05. The van der Waals surface area contributed by atoms with Gasteiger partial charge in [0.15, 0.2) is 0 Å². The van der Waals surface area contributed by atoms with Gasteiger partial charge in [-0.2, -0.15) is 13.2 Å². The van der Waals surface area contributed by atoms with Crippen molar-refractivity contribution < 1.29 is 22.8 Å². The fraction of sp³-hybridized carbons (Fsp3) is 0.556. The summed E-state index contributed by atoms with van der Waals surface area (Å²) in [6, 6.07) is 3.22. The lowest BCUT2D eigenvalue weighted by molar-refractivity contribution is -0.137. The van der Waals surface area contributed by atoms with Gasteiger partial charge in [-0.25, -0.2) is 0 Å². The topological polar surface area (TPSA) is 52.7 Å². The Morgan fingerprint density at radius 1 is 1.23 bits per heavy atom. The molecule has 0 bridgehead atoms. The van der Waals surface area contributed by atoms with Crippen molar-refractivity contribution in [1.29, 1.82) is 0 Å². The van der Waals surface area contributed by atoms with Crippen LogP contribution in [-0.2, 0) is 11.0 Å². The molecule has 0 spiro atoms. The molecule has 2 saturated heterocycles. The van der Waals surface area contributed by atoms with Gasteiger partial charge >= 0.3 is 6.18 Å². The zero-order valence-electron chi connectivity index (χ0n) is 14.6. The largest absolute Gasteiger partial charge is 0.416 e. The molecular formula is C18H22F3N3O2. The van der Waals surface area contributed by atoms with Crippen molar-refractivity contribution in [3.8, 4) is 0 Å². The molecule has 3 rings (SSSR count). The third-order valence-corrected chi connectivity index (χ3v) is 5.05. The molecule has 2 fully saturated rings. The van der Waals surface area contributed by atoms with Crippen LogP contribution in [0, 0.1) is 0 Å². The second kappa shape index (κ2) is 7.26. The summed E-state index contributed by atoms with van der Waals surface area (Å²) < 4.78 is 39.9. The Balaban J connectivity index is 1.94. The molecule has 0 aliphatic carbocycles. The van der Waals surface area contributed by atoms with Crippen LogP contribution in [-0.4, -0.2) is 49.4 Å². The molecule has 26 heavy (non-hydrogen) atoms. The molecule has 2 aliphatic rings. The van der Waals surface area contributed by atoms with Gasteiger partial charge in [-0.3, -0.25) is 9.59 Å². The van der Waals surface area contributed by atoms with Gasteiger partial charge in [0.25, 0.3) is 5.91 Å². The summed E-state index contributed by atoms with van der Waals surface area (Å²) in [5.74, 6) is -0.662. The van der Waals surface area contributed by atoms with Gasteiger partial charge in [0.05, 0.1) is 5.56 Å².